The molecule has 2 rings (SSSR count). The average molecular weight is 368 g/mol. The SMILES string of the molecule is CCOC(=O)N1CCN(C(=NC)NCCCCN2CCCC(C)C2)CC1. The van der Waals surface area contributed by atoms with Gasteiger partial charge >= 0.3 is 6.09 Å². The molecule has 150 valence electrons. The van der Waals surface area contributed by atoms with Crippen LogP contribution in [0.25, 0.3) is 0 Å². The molecular weight excluding hydrogens is 330 g/mol. The Balaban J connectivity index is 1.60. The largest absolute Gasteiger partial charge is 0.450 e. The summed E-state index contributed by atoms with van der Waals surface area (Å²) in [5, 5.41) is 3.48. The zero-order valence-electron chi connectivity index (χ0n) is 16.9. The molecular formula is C19H37N5O2. The number of piperazine rings is 1. The van der Waals surface area contributed by atoms with E-state index >= 15 is 0 Å². The second-order valence-electron chi connectivity index (χ2n) is 7.40. The Kier molecular flexibility index (Phi) is 9.01. The third-order valence-electron chi connectivity index (χ3n) is 5.24. The van der Waals surface area contributed by atoms with Gasteiger partial charge in [0.05, 0.1) is 6.61 Å². The summed E-state index contributed by atoms with van der Waals surface area (Å²) in [6.45, 7) is 12.3. The molecule has 2 aliphatic heterocycles. The molecule has 1 amide bonds. The number of likely N-dealkylation sites (tertiary alicyclic amines) is 1. The van der Waals surface area contributed by atoms with Gasteiger partial charge in [0.1, 0.15) is 0 Å². The molecule has 2 aliphatic rings. The maximum Gasteiger partial charge on any atom is 0.409 e. The number of ether oxygens (including phenoxy) is 1. The lowest BCUT2D eigenvalue weighted by Crippen LogP contribution is -2.54. The van der Waals surface area contributed by atoms with Crippen molar-refractivity contribution in [3.05, 3.63) is 0 Å². The van der Waals surface area contributed by atoms with Crippen molar-refractivity contribution in [3.8, 4) is 0 Å². The number of hydrogen-bond acceptors (Lipinski definition) is 4. The van der Waals surface area contributed by atoms with Gasteiger partial charge < -0.3 is 24.8 Å². The Morgan fingerprint density at radius 2 is 1.88 bits per heavy atom. The van der Waals surface area contributed by atoms with Crippen LogP contribution in [0.5, 0.6) is 0 Å². The van der Waals surface area contributed by atoms with E-state index in [4.69, 9.17) is 4.74 Å². The lowest BCUT2D eigenvalue weighted by molar-refractivity contribution is 0.0914. The van der Waals surface area contributed by atoms with Crippen LogP contribution in [-0.4, -0.2) is 92.8 Å². The van der Waals surface area contributed by atoms with Crippen LogP contribution in [0.2, 0.25) is 0 Å². The summed E-state index contributed by atoms with van der Waals surface area (Å²) in [4.78, 5) is 22.8. The molecule has 1 atom stereocenters. The topological polar surface area (TPSA) is 60.4 Å². The Labute approximate surface area is 158 Å². The van der Waals surface area contributed by atoms with Crippen molar-refractivity contribution >= 4 is 12.1 Å². The molecule has 0 aliphatic carbocycles. The maximum absolute atomic E-state index is 11.8. The maximum atomic E-state index is 11.8. The molecule has 1 unspecified atom stereocenters. The number of guanidine groups is 1. The van der Waals surface area contributed by atoms with E-state index < -0.39 is 0 Å². The standard InChI is InChI=1S/C19H37N5O2/c1-4-26-19(25)24-14-12-23(13-15-24)18(20-3)21-9-5-6-10-22-11-7-8-17(2)16-22/h17H,4-16H2,1-3H3,(H,20,21). The van der Waals surface area contributed by atoms with Gasteiger partial charge in [-0.25, -0.2) is 4.79 Å². The van der Waals surface area contributed by atoms with Gasteiger partial charge in [-0.15, -0.1) is 0 Å². The third-order valence-corrected chi connectivity index (χ3v) is 5.24. The van der Waals surface area contributed by atoms with Crippen LogP contribution in [0, 0.1) is 5.92 Å². The summed E-state index contributed by atoms with van der Waals surface area (Å²) in [5.74, 6) is 1.80. The van der Waals surface area contributed by atoms with Crippen molar-refractivity contribution < 1.29 is 9.53 Å². The predicted molar refractivity (Wildman–Crippen MR) is 106 cm³/mol. The molecule has 0 spiro atoms. The summed E-state index contributed by atoms with van der Waals surface area (Å²) < 4.78 is 5.07. The number of amides is 1. The van der Waals surface area contributed by atoms with Crippen LogP contribution in [0.1, 0.15) is 39.5 Å². The molecule has 0 saturated carbocycles. The highest BCUT2D eigenvalue weighted by molar-refractivity contribution is 5.80. The molecule has 0 bridgehead atoms. The normalized spacial score (nSPS) is 22.4. The second-order valence-corrected chi connectivity index (χ2v) is 7.40. The smallest absolute Gasteiger partial charge is 0.409 e. The van der Waals surface area contributed by atoms with Gasteiger partial charge in [-0.3, -0.25) is 4.99 Å². The van der Waals surface area contributed by atoms with E-state index in [1.807, 2.05) is 14.0 Å². The number of hydrogen-bond donors (Lipinski definition) is 1. The van der Waals surface area contributed by atoms with E-state index in [1.54, 1.807) is 4.90 Å². The van der Waals surface area contributed by atoms with Gasteiger partial charge in [0.15, 0.2) is 5.96 Å². The fraction of sp³-hybridized carbons (Fsp3) is 0.895. The van der Waals surface area contributed by atoms with Gasteiger partial charge in [0.2, 0.25) is 0 Å². The first kappa shape index (κ1) is 20.8. The van der Waals surface area contributed by atoms with Crippen LogP contribution in [-0.2, 0) is 4.74 Å². The molecule has 0 radical (unpaired) electrons. The minimum atomic E-state index is -0.206. The quantitative estimate of drug-likeness (QED) is 0.441. The number of nitrogens with one attached hydrogen (secondary N) is 1. The second kappa shape index (κ2) is 11.3. The number of nitrogens with zero attached hydrogens (tertiary/aromatic N) is 4. The average Bonchev–Trinajstić information content (AvgIpc) is 2.65. The zero-order chi connectivity index (χ0) is 18.8. The van der Waals surface area contributed by atoms with E-state index in [0.717, 1.165) is 37.9 Å². The van der Waals surface area contributed by atoms with E-state index in [0.29, 0.717) is 19.7 Å². The number of carbonyl (C=O) groups excluding carboxylic acids is 1. The van der Waals surface area contributed by atoms with Gasteiger partial charge in [-0.05, 0) is 51.6 Å². The first-order chi connectivity index (χ1) is 12.6. The Hall–Kier alpha value is -1.50. The molecule has 7 heteroatoms. The molecule has 0 aromatic heterocycles. The number of aliphatic imine (C=N–C) groups is 1. The highest BCUT2D eigenvalue weighted by atomic mass is 16.6. The summed E-state index contributed by atoms with van der Waals surface area (Å²) in [7, 11) is 1.83. The molecule has 2 heterocycles. The molecule has 1 N–H and O–H groups in total. The van der Waals surface area contributed by atoms with Crippen LogP contribution < -0.4 is 5.32 Å². The molecule has 7 nitrogen and oxygen atoms in total. The van der Waals surface area contributed by atoms with E-state index in [2.05, 4.69) is 27.0 Å². The van der Waals surface area contributed by atoms with Crippen LogP contribution in [0.15, 0.2) is 4.99 Å². The highest BCUT2D eigenvalue weighted by Crippen LogP contribution is 2.15. The minimum Gasteiger partial charge on any atom is -0.450 e. The lowest BCUT2D eigenvalue weighted by atomic mass is 10.0. The molecule has 0 aromatic rings. The van der Waals surface area contributed by atoms with Gasteiger partial charge in [-0.1, -0.05) is 6.92 Å². The fourth-order valence-electron chi connectivity index (χ4n) is 3.80. The highest BCUT2D eigenvalue weighted by Gasteiger charge is 2.23. The van der Waals surface area contributed by atoms with Crippen molar-refractivity contribution in [1.82, 2.24) is 20.0 Å². The Morgan fingerprint density at radius 1 is 1.15 bits per heavy atom. The van der Waals surface area contributed by atoms with Crippen molar-refractivity contribution in [3.63, 3.8) is 0 Å². The molecule has 2 fully saturated rings. The minimum absolute atomic E-state index is 0.206. The number of piperidine rings is 1. The summed E-state index contributed by atoms with van der Waals surface area (Å²) in [5.41, 5.74) is 0. The van der Waals surface area contributed by atoms with Crippen molar-refractivity contribution in [2.45, 2.75) is 39.5 Å². The Morgan fingerprint density at radius 3 is 2.54 bits per heavy atom. The molecule has 2 saturated heterocycles. The van der Waals surface area contributed by atoms with Gasteiger partial charge in [-0.2, -0.15) is 0 Å². The predicted octanol–water partition coefficient (Wildman–Crippen LogP) is 1.85. The number of carbonyl (C=O) groups is 1. The van der Waals surface area contributed by atoms with E-state index in [1.165, 1.54) is 38.9 Å². The summed E-state index contributed by atoms with van der Waals surface area (Å²) in [6.07, 6.45) is 4.92. The van der Waals surface area contributed by atoms with Gasteiger partial charge in [0.25, 0.3) is 0 Å². The first-order valence-corrected chi connectivity index (χ1v) is 10.2. The fourth-order valence-corrected chi connectivity index (χ4v) is 3.80. The Bertz CT molecular complexity index is 449. The molecule has 26 heavy (non-hydrogen) atoms. The van der Waals surface area contributed by atoms with Crippen molar-refractivity contribution in [2.75, 3.05) is 66.0 Å². The number of rotatable bonds is 6. The van der Waals surface area contributed by atoms with E-state index in [-0.39, 0.29) is 6.09 Å². The van der Waals surface area contributed by atoms with E-state index in [9.17, 15) is 4.79 Å². The third kappa shape index (κ3) is 6.67. The zero-order valence-corrected chi connectivity index (χ0v) is 16.9. The van der Waals surface area contributed by atoms with Crippen LogP contribution in [0.4, 0.5) is 4.79 Å². The van der Waals surface area contributed by atoms with Crippen molar-refractivity contribution in [2.24, 2.45) is 10.9 Å². The summed E-state index contributed by atoms with van der Waals surface area (Å²) >= 11 is 0. The lowest BCUT2D eigenvalue weighted by Gasteiger charge is -2.36. The van der Waals surface area contributed by atoms with Gasteiger partial charge in [0, 0.05) is 46.3 Å². The first-order valence-electron chi connectivity index (χ1n) is 10.2. The van der Waals surface area contributed by atoms with Crippen LogP contribution in [0.3, 0.4) is 0 Å². The van der Waals surface area contributed by atoms with Crippen LogP contribution >= 0.6 is 0 Å². The molecule has 0 aromatic carbocycles. The van der Waals surface area contributed by atoms with Crippen molar-refractivity contribution in [1.29, 1.82) is 0 Å². The number of unbranched alkanes of at least 4 members (excludes halogenated alkanes) is 1. The monoisotopic (exact) mass is 367 g/mol. The summed E-state index contributed by atoms with van der Waals surface area (Å²) in [6, 6.07) is 0.